The highest BCUT2D eigenvalue weighted by atomic mass is 32.2. The van der Waals surface area contributed by atoms with E-state index in [1.807, 2.05) is 0 Å². The lowest BCUT2D eigenvalue weighted by molar-refractivity contribution is -0.391. The van der Waals surface area contributed by atoms with Crippen LogP contribution in [0, 0.1) is 5.82 Å². The summed E-state index contributed by atoms with van der Waals surface area (Å²) in [6.45, 7) is 0.490. The Morgan fingerprint density at radius 1 is 1.25 bits per heavy atom. The Balaban J connectivity index is 1.94. The summed E-state index contributed by atoms with van der Waals surface area (Å²) in [5, 5.41) is 8.17. The summed E-state index contributed by atoms with van der Waals surface area (Å²) in [5.74, 6) is 0.978. The first kappa shape index (κ1) is 11.1. The lowest BCUT2D eigenvalue weighted by Crippen LogP contribution is -2.47. The Labute approximate surface area is 96.0 Å². The van der Waals surface area contributed by atoms with Crippen molar-refractivity contribution in [1.29, 1.82) is 0 Å². The number of aromatic nitrogens is 2. The van der Waals surface area contributed by atoms with Gasteiger partial charge in [-0.05, 0) is 17.7 Å². The molecule has 4 nitrogen and oxygen atoms in total. The molecule has 0 aliphatic carbocycles. The molecule has 0 aliphatic heterocycles. The second kappa shape index (κ2) is 5.09. The number of nitrogens with zero attached hydrogens (tertiary/aromatic N) is 2. The van der Waals surface area contributed by atoms with Crippen LogP contribution in [0.1, 0.15) is 11.5 Å². The highest BCUT2D eigenvalue weighted by molar-refractivity contribution is 7.98. The Morgan fingerprint density at radius 3 is 2.62 bits per heavy atom. The zero-order chi connectivity index (χ0) is 11.4. The fraction of sp³-hybridized carbons (Fsp3) is 0.200. The van der Waals surface area contributed by atoms with E-state index in [1.54, 1.807) is 12.1 Å². The summed E-state index contributed by atoms with van der Waals surface area (Å²) in [6.07, 6.45) is 0. The van der Waals surface area contributed by atoms with Gasteiger partial charge in [0.15, 0.2) is 6.54 Å². The van der Waals surface area contributed by atoms with Gasteiger partial charge in [0.05, 0.1) is 0 Å². The number of benzene rings is 1. The van der Waals surface area contributed by atoms with Crippen LogP contribution in [0.15, 0.2) is 33.9 Å². The molecule has 0 bridgehead atoms. The van der Waals surface area contributed by atoms with Gasteiger partial charge in [-0.3, -0.25) is 0 Å². The van der Waals surface area contributed by atoms with Gasteiger partial charge in [-0.15, -0.1) is 10.2 Å². The molecule has 16 heavy (non-hydrogen) atoms. The van der Waals surface area contributed by atoms with Crippen molar-refractivity contribution in [2.75, 3.05) is 0 Å². The fourth-order valence-corrected chi connectivity index (χ4v) is 1.86. The minimum absolute atomic E-state index is 0.231. The highest BCUT2D eigenvalue weighted by Crippen LogP contribution is 2.21. The molecule has 84 valence electrons. The van der Waals surface area contributed by atoms with E-state index in [0.29, 0.717) is 23.4 Å². The van der Waals surface area contributed by atoms with Crippen molar-refractivity contribution in [1.82, 2.24) is 10.2 Å². The van der Waals surface area contributed by atoms with Crippen LogP contribution in [0.25, 0.3) is 0 Å². The molecule has 3 N–H and O–H groups in total. The van der Waals surface area contributed by atoms with Gasteiger partial charge in [0.1, 0.15) is 5.82 Å². The molecule has 2 rings (SSSR count). The van der Waals surface area contributed by atoms with Crippen LogP contribution < -0.4 is 5.73 Å². The molecule has 0 atom stereocenters. The third-order valence-electron chi connectivity index (χ3n) is 1.94. The largest absolute Gasteiger partial charge is 0.410 e. The van der Waals surface area contributed by atoms with Crippen LogP contribution >= 0.6 is 11.8 Å². The van der Waals surface area contributed by atoms with Crippen LogP contribution in [0.3, 0.4) is 0 Å². The number of hydrogen-bond acceptors (Lipinski definition) is 4. The number of rotatable bonds is 4. The monoisotopic (exact) mass is 240 g/mol. The van der Waals surface area contributed by atoms with Gasteiger partial charge in [-0.25, -0.2) is 4.39 Å². The molecule has 0 unspecified atom stereocenters. The molecule has 0 radical (unpaired) electrons. The van der Waals surface area contributed by atoms with Crippen molar-refractivity contribution < 1.29 is 14.5 Å². The molecule has 2 aromatic rings. The van der Waals surface area contributed by atoms with Crippen molar-refractivity contribution in [3.63, 3.8) is 0 Å². The molecule has 0 aliphatic rings. The summed E-state index contributed by atoms with van der Waals surface area (Å²) in [4.78, 5) is 0. The Hall–Kier alpha value is -1.40. The number of quaternary nitrogens is 1. The Kier molecular flexibility index (Phi) is 3.53. The van der Waals surface area contributed by atoms with E-state index in [4.69, 9.17) is 4.42 Å². The number of hydrogen-bond donors (Lipinski definition) is 1. The van der Waals surface area contributed by atoms with Gasteiger partial charge in [-0.2, -0.15) is 0 Å². The maximum atomic E-state index is 12.6. The molecule has 0 fully saturated rings. The predicted octanol–water partition coefficient (Wildman–Crippen LogP) is 1.24. The second-order valence-corrected chi connectivity index (χ2v) is 4.05. The van der Waals surface area contributed by atoms with Crippen molar-refractivity contribution in [2.45, 2.75) is 17.5 Å². The predicted molar refractivity (Wildman–Crippen MR) is 56.9 cm³/mol. The van der Waals surface area contributed by atoms with Crippen LogP contribution in [0.5, 0.6) is 0 Å². The van der Waals surface area contributed by atoms with Crippen molar-refractivity contribution >= 4 is 11.8 Å². The average molecular weight is 240 g/mol. The van der Waals surface area contributed by atoms with E-state index in [0.717, 1.165) is 5.56 Å². The lowest BCUT2D eigenvalue weighted by Gasteiger charge is -1.97. The van der Waals surface area contributed by atoms with E-state index in [2.05, 4.69) is 15.9 Å². The average Bonchev–Trinajstić information content (AvgIpc) is 2.76. The highest BCUT2D eigenvalue weighted by Gasteiger charge is 2.06. The smallest absolute Gasteiger partial charge is 0.277 e. The molecule has 1 heterocycles. The molecule has 1 aromatic carbocycles. The molecule has 0 amide bonds. The molecule has 1 aromatic heterocycles. The first-order chi connectivity index (χ1) is 7.78. The fourth-order valence-electron chi connectivity index (χ4n) is 1.12. The van der Waals surface area contributed by atoms with Crippen molar-refractivity contribution in [3.8, 4) is 0 Å². The normalized spacial score (nSPS) is 10.6. The van der Waals surface area contributed by atoms with E-state index in [1.165, 1.54) is 23.9 Å². The quantitative estimate of drug-likeness (QED) is 0.816. The maximum Gasteiger partial charge on any atom is 0.277 e. The zero-order valence-electron chi connectivity index (χ0n) is 8.52. The molecule has 0 saturated heterocycles. The van der Waals surface area contributed by atoms with E-state index < -0.39 is 0 Å². The summed E-state index contributed by atoms with van der Waals surface area (Å²) in [5.41, 5.74) is 4.66. The maximum absolute atomic E-state index is 12.6. The van der Waals surface area contributed by atoms with Gasteiger partial charge < -0.3 is 10.2 Å². The molecule has 0 spiro atoms. The lowest BCUT2D eigenvalue weighted by atomic mass is 10.2. The first-order valence-corrected chi connectivity index (χ1v) is 5.75. The van der Waals surface area contributed by atoms with Gasteiger partial charge in [0.2, 0.25) is 0 Å². The summed E-state index contributed by atoms with van der Waals surface area (Å²) >= 11 is 1.43. The van der Waals surface area contributed by atoms with Crippen LogP contribution in [0.2, 0.25) is 0 Å². The third kappa shape index (κ3) is 2.80. The molecule has 6 heteroatoms. The van der Waals surface area contributed by atoms with Crippen LogP contribution in [-0.2, 0) is 12.3 Å². The summed E-state index contributed by atoms with van der Waals surface area (Å²) < 4.78 is 17.9. The summed E-state index contributed by atoms with van der Waals surface area (Å²) in [6, 6.07) is 6.35. The molecule has 0 saturated carbocycles. The standard InChI is InChI=1S/C10H10FN3OS/c11-8-3-1-7(2-4-8)6-16-10-14-13-9(5-12)15-10/h1-4H,5-6,12H2/p+1. The van der Waals surface area contributed by atoms with E-state index in [-0.39, 0.29) is 5.82 Å². The Morgan fingerprint density at radius 2 is 2.00 bits per heavy atom. The van der Waals surface area contributed by atoms with Crippen LogP contribution in [0.4, 0.5) is 4.39 Å². The van der Waals surface area contributed by atoms with Gasteiger partial charge in [-0.1, -0.05) is 23.9 Å². The van der Waals surface area contributed by atoms with Crippen molar-refractivity contribution in [3.05, 3.63) is 41.5 Å². The topological polar surface area (TPSA) is 66.6 Å². The molecular formula is C10H11FN3OS+. The third-order valence-corrected chi connectivity index (χ3v) is 2.83. The second-order valence-electron chi connectivity index (χ2n) is 3.13. The van der Waals surface area contributed by atoms with Crippen LogP contribution in [-0.4, -0.2) is 10.2 Å². The minimum atomic E-state index is -0.231. The number of halogens is 1. The summed E-state index contributed by atoms with van der Waals surface area (Å²) in [7, 11) is 0. The van der Waals surface area contributed by atoms with Gasteiger partial charge >= 0.3 is 0 Å². The molecular weight excluding hydrogens is 229 g/mol. The SMILES string of the molecule is [NH3+]Cc1nnc(SCc2ccc(F)cc2)o1. The van der Waals surface area contributed by atoms with Gasteiger partial charge in [0.25, 0.3) is 11.1 Å². The van der Waals surface area contributed by atoms with Gasteiger partial charge in [0, 0.05) is 5.75 Å². The van der Waals surface area contributed by atoms with E-state index >= 15 is 0 Å². The Bertz CT molecular complexity index is 457. The van der Waals surface area contributed by atoms with E-state index in [9.17, 15) is 4.39 Å². The minimum Gasteiger partial charge on any atom is -0.410 e. The first-order valence-electron chi connectivity index (χ1n) is 4.77. The number of thioether (sulfide) groups is 1. The zero-order valence-corrected chi connectivity index (χ0v) is 9.34. The van der Waals surface area contributed by atoms with Crippen molar-refractivity contribution in [2.24, 2.45) is 0 Å².